The Balaban J connectivity index is 2.33. The van der Waals surface area contributed by atoms with Gasteiger partial charge in [0.15, 0.2) is 0 Å². The van der Waals surface area contributed by atoms with Gasteiger partial charge in [-0.3, -0.25) is 10.1 Å². The molecule has 2 rings (SSSR count). The number of hydrogen-bond donors (Lipinski definition) is 1. The van der Waals surface area contributed by atoms with E-state index in [1.165, 1.54) is 19.2 Å². The van der Waals surface area contributed by atoms with Crippen molar-refractivity contribution in [2.45, 2.75) is 19.3 Å². The van der Waals surface area contributed by atoms with Crippen LogP contribution in [0.4, 0.5) is 5.69 Å². The quantitative estimate of drug-likeness (QED) is 0.671. The molecule has 1 N–H and O–H groups in total. The Labute approximate surface area is 117 Å². The zero-order valence-corrected chi connectivity index (χ0v) is 11.4. The number of piperidine rings is 1. The second-order valence-corrected chi connectivity index (χ2v) is 5.07. The van der Waals surface area contributed by atoms with Crippen molar-refractivity contribution < 1.29 is 9.66 Å². The fraction of sp³-hybridized carbons (Fsp3) is 0.500. The number of ether oxygens (including phenoxy) is 1. The van der Waals surface area contributed by atoms with Crippen molar-refractivity contribution in [3.63, 3.8) is 0 Å². The first-order valence-corrected chi connectivity index (χ1v) is 6.53. The topological polar surface area (TPSA) is 88.2 Å². The molecule has 0 radical (unpaired) electrons. The normalized spacial score (nSPS) is 17.2. The number of nitrogens with one attached hydrogen (secondary N) is 1. The van der Waals surface area contributed by atoms with Gasteiger partial charge in [0, 0.05) is 17.7 Å². The van der Waals surface area contributed by atoms with E-state index in [4.69, 9.17) is 4.74 Å². The molecule has 106 valence electrons. The van der Waals surface area contributed by atoms with E-state index in [2.05, 4.69) is 11.4 Å². The summed E-state index contributed by atoms with van der Waals surface area (Å²) in [6.45, 7) is 1.59. The van der Waals surface area contributed by atoms with Gasteiger partial charge in [-0.2, -0.15) is 5.26 Å². The maximum atomic E-state index is 10.9. The standard InChI is InChI=1S/C14H17N3O3/c1-20-13-3-2-12(17(18)19)8-11(13)9-14(10-15)4-6-16-7-5-14/h2-3,8,16H,4-7,9H2,1H3. The molecule has 1 fully saturated rings. The minimum absolute atomic E-state index is 0.0304. The third kappa shape index (κ3) is 2.89. The number of hydrogen-bond acceptors (Lipinski definition) is 5. The van der Waals surface area contributed by atoms with Crippen molar-refractivity contribution in [3.8, 4) is 11.8 Å². The predicted octanol–water partition coefficient (Wildman–Crippen LogP) is 2.04. The van der Waals surface area contributed by atoms with Crippen LogP contribution in [-0.4, -0.2) is 25.1 Å². The van der Waals surface area contributed by atoms with Crippen LogP contribution < -0.4 is 10.1 Å². The van der Waals surface area contributed by atoms with E-state index in [9.17, 15) is 15.4 Å². The first-order chi connectivity index (χ1) is 9.60. The summed E-state index contributed by atoms with van der Waals surface area (Å²) in [6.07, 6.45) is 1.97. The van der Waals surface area contributed by atoms with Gasteiger partial charge in [-0.15, -0.1) is 0 Å². The van der Waals surface area contributed by atoms with Crippen molar-refractivity contribution in [2.75, 3.05) is 20.2 Å². The lowest BCUT2D eigenvalue weighted by Crippen LogP contribution is -2.37. The fourth-order valence-corrected chi connectivity index (χ4v) is 2.61. The summed E-state index contributed by atoms with van der Waals surface area (Å²) in [7, 11) is 1.53. The maximum absolute atomic E-state index is 10.9. The van der Waals surface area contributed by atoms with Gasteiger partial charge in [0.1, 0.15) is 5.75 Å². The number of nitrogens with zero attached hydrogens (tertiary/aromatic N) is 2. The largest absolute Gasteiger partial charge is 0.496 e. The summed E-state index contributed by atoms with van der Waals surface area (Å²) in [6, 6.07) is 6.93. The molecule has 0 amide bonds. The summed E-state index contributed by atoms with van der Waals surface area (Å²) in [5.41, 5.74) is 0.293. The third-order valence-corrected chi connectivity index (χ3v) is 3.80. The molecule has 1 aliphatic heterocycles. The Morgan fingerprint density at radius 1 is 1.50 bits per heavy atom. The van der Waals surface area contributed by atoms with Crippen LogP contribution in [0.2, 0.25) is 0 Å². The zero-order chi connectivity index (χ0) is 14.6. The second kappa shape index (κ2) is 5.88. The number of methoxy groups -OCH3 is 1. The minimum atomic E-state index is -0.465. The van der Waals surface area contributed by atoms with Crippen molar-refractivity contribution in [1.29, 1.82) is 5.26 Å². The van der Waals surface area contributed by atoms with Gasteiger partial charge >= 0.3 is 0 Å². The molecule has 0 unspecified atom stereocenters. The second-order valence-electron chi connectivity index (χ2n) is 5.07. The monoisotopic (exact) mass is 275 g/mol. The van der Waals surface area contributed by atoms with Gasteiger partial charge in [0.05, 0.1) is 23.5 Å². The van der Waals surface area contributed by atoms with Crippen LogP contribution in [-0.2, 0) is 6.42 Å². The van der Waals surface area contributed by atoms with Crippen molar-refractivity contribution in [3.05, 3.63) is 33.9 Å². The number of benzene rings is 1. The Hall–Kier alpha value is -2.13. The van der Waals surface area contributed by atoms with E-state index >= 15 is 0 Å². The molecule has 0 saturated carbocycles. The number of non-ortho nitro benzene ring substituents is 1. The predicted molar refractivity (Wildman–Crippen MR) is 73.5 cm³/mol. The molecular weight excluding hydrogens is 258 g/mol. The van der Waals surface area contributed by atoms with Crippen LogP contribution in [0.15, 0.2) is 18.2 Å². The van der Waals surface area contributed by atoms with Crippen molar-refractivity contribution in [1.82, 2.24) is 5.32 Å². The number of nitriles is 1. The summed E-state index contributed by atoms with van der Waals surface area (Å²) in [5, 5.41) is 23.6. The maximum Gasteiger partial charge on any atom is 0.269 e. The van der Waals surface area contributed by atoms with Crippen LogP contribution in [0, 0.1) is 26.9 Å². The first kappa shape index (κ1) is 14.3. The highest BCUT2D eigenvalue weighted by molar-refractivity contribution is 5.44. The molecule has 0 bridgehead atoms. The molecule has 6 heteroatoms. The average molecular weight is 275 g/mol. The van der Waals surface area contributed by atoms with Gasteiger partial charge in [-0.1, -0.05) is 0 Å². The molecule has 6 nitrogen and oxygen atoms in total. The number of nitro groups is 1. The molecule has 0 aliphatic carbocycles. The van der Waals surface area contributed by atoms with Gasteiger partial charge in [-0.05, 0) is 38.4 Å². The van der Waals surface area contributed by atoms with Gasteiger partial charge < -0.3 is 10.1 Å². The molecule has 1 saturated heterocycles. The third-order valence-electron chi connectivity index (χ3n) is 3.80. The van der Waals surface area contributed by atoms with E-state index in [1.807, 2.05) is 0 Å². The fourth-order valence-electron chi connectivity index (χ4n) is 2.61. The highest BCUT2D eigenvalue weighted by Gasteiger charge is 2.33. The summed E-state index contributed by atoms with van der Waals surface area (Å²) >= 11 is 0. The first-order valence-electron chi connectivity index (χ1n) is 6.53. The van der Waals surface area contributed by atoms with E-state index < -0.39 is 10.3 Å². The Morgan fingerprint density at radius 2 is 2.20 bits per heavy atom. The molecule has 1 aromatic carbocycles. The van der Waals surface area contributed by atoms with Crippen LogP contribution >= 0.6 is 0 Å². The highest BCUT2D eigenvalue weighted by Crippen LogP contribution is 2.36. The number of nitro benzene ring substituents is 1. The molecule has 1 heterocycles. The van der Waals surface area contributed by atoms with E-state index in [0.29, 0.717) is 12.2 Å². The lowest BCUT2D eigenvalue weighted by atomic mass is 9.75. The lowest BCUT2D eigenvalue weighted by molar-refractivity contribution is -0.384. The van der Waals surface area contributed by atoms with Crippen LogP contribution in [0.25, 0.3) is 0 Å². The Bertz CT molecular complexity index is 545. The van der Waals surface area contributed by atoms with Gasteiger partial charge in [0.25, 0.3) is 5.69 Å². The molecule has 0 atom stereocenters. The highest BCUT2D eigenvalue weighted by atomic mass is 16.6. The molecule has 0 aromatic heterocycles. The summed E-state index contributed by atoms with van der Waals surface area (Å²) in [4.78, 5) is 10.5. The Morgan fingerprint density at radius 3 is 2.75 bits per heavy atom. The molecule has 1 aliphatic rings. The molecular formula is C14H17N3O3. The molecule has 0 spiro atoms. The van der Waals surface area contributed by atoms with Crippen molar-refractivity contribution in [2.24, 2.45) is 5.41 Å². The lowest BCUT2D eigenvalue weighted by Gasteiger charge is -2.31. The van der Waals surface area contributed by atoms with E-state index in [-0.39, 0.29) is 5.69 Å². The number of rotatable bonds is 4. The average Bonchev–Trinajstić information content (AvgIpc) is 2.48. The van der Waals surface area contributed by atoms with Gasteiger partial charge in [0.2, 0.25) is 0 Å². The smallest absolute Gasteiger partial charge is 0.269 e. The van der Waals surface area contributed by atoms with Crippen LogP contribution in [0.1, 0.15) is 18.4 Å². The van der Waals surface area contributed by atoms with E-state index in [0.717, 1.165) is 31.5 Å². The van der Waals surface area contributed by atoms with E-state index in [1.54, 1.807) is 6.07 Å². The molecule has 1 aromatic rings. The van der Waals surface area contributed by atoms with Crippen LogP contribution in [0.5, 0.6) is 5.75 Å². The Kier molecular flexibility index (Phi) is 4.20. The molecule has 20 heavy (non-hydrogen) atoms. The minimum Gasteiger partial charge on any atom is -0.496 e. The summed E-state index contributed by atoms with van der Waals surface area (Å²) in [5.74, 6) is 0.601. The zero-order valence-electron chi connectivity index (χ0n) is 11.4. The SMILES string of the molecule is COc1ccc([N+](=O)[O-])cc1CC1(C#N)CCNCC1. The van der Waals surface area contributed by atoms with Crippen molar-refractivity contribution >= 4 is 5.69 Å². The van der Waals surface area contributed by atoms with Gasteiger partial charge in [-0.25, -0.2) is 0 Å². The van der Waals surface area contributed by atoms with Crippen LogP contribution in [0.3, 0.4) is 0 Å². The summed E-state index contributed by atoms with van der Waals surface area (Å²) < 4.78 is 5.26.